The van der Waals surface area contributed by atoms with Crippen molar-refractivity contribution in [3.63, 3.8) is 0 Å². The highest BCUT2D eigenvalue weighted by Crippen LogP contribution is 2.45. The lowest BCUT2D eigenvalue weighted by Gasteiger charge is -2.21. The Labute approximate surface area is 181 Å². The second-order valence-electron chi connectivity index (χ2n) is 8.92. The smallest absolute Gasteiger partial charge is 0.334 e. The predicted molar refractivity (Wildman–Crippen MR) is 116 cm³/mol. The van der Waals surface area contributed by atoms with Gasteiger partial charge in [-0.2, -0.15) is 5.06 Å². The van der Waals surface area contributed by atoms with Crippen molar-refractivity contribution in [3.8, 4) is 22.6 Å². The Kier molecular flexibility index (Phi) is 5.08. The second-order valence-corrected chi connectivity index (χ2v) is 13.7. The number of nitrogens with zero attached hydrogens (tertiary/aromatic N) is 1. The lowest BCUT2D eigenvalue weighted by atomic mass is 9.87. The number of amides is 2. The van der Waals surface area contributed by atoms with E-state index in [0.717, 1.165) is 22.3 Å². The van der Waals surface area contributed by atoms with E-state index in [1.165, 1.54) is 0 Å². The quantitative estimate of drug-likeness (QED) is 0.200. The maximum absolute atomic E-state index is 13.1. The fourth-order valence-corrected chi connectivity index (χ4v) is 4.58. The van der Waals surface area contributed by atoms with Crippen LogP contribution in [0.4, 0.5) is 0 Å². The molecule has 1 atom stereocenters. The summed E-state index contributed by atoms with van der Waals surface area (Å²) in [5.74, 6) is -0.253. The molecule has 2 amide bonds. The Bertz CT molecular complexity index is 1110. The number of hydrogen-bond acceptors (Lipinski definition) is 5. The highest BCUT2D eigenvalue weighted by Gasteiger charge is 2.58. The lowest BCUT2D eigenvalue weighted by Crippen LogP contribution is -2.41. The number of ether oxygens (including phenoxy) is 1. The van der Waals surface area contributed by atoms with Gasteiger partial charge in [-0.1, -0.05) is 74.1 Å². The minimum atomic E-state index is -2.00. The third-order valence-electron chi connectivity index (χ3n) is 5.55. The SMILES string of the molecule is C[Si](C)(C)C#CC1(C(=O)OCC2c3ccccc3-c3ccccc32)CC(=O)N(O)C1=O. The standard InChI is InChI=1S/C24H23NO5Si/c1-31(2,3)13-12-24(14-21(26)25(29)22(24)27)23(28)30-15-20-18-10-6-4-8-16(18)17-9-5-7-11-19(17)20/h4-11,20,29H,14-15H2,1-3H3. The molecule has 0 saturated carbocycles. The van der Waals surface area contributed by atoms with Crippen molar-refractivity contribution in [2.45, 2.75) is 32.0 Å². The van der Waals surface area contributed by atoms with Crippen LogP contribution in [0.3, 0.4) is 0 Å². The van der Waals surface area contributed by atoms with Crippen LogP contribution in [0.1, 0.15) is 23.5 Å². The fraction of sp³-hybridized carbons (Fsp3) is 0.292. The average Bonchev–Trinajstić information content (AvgIpc) is 3.18. The summed E-state index contributed by atoms with van der Waals surface area (Å²) in [4.78, 5) is 37.8. The molecule has 0 spiro atoms. The molecule has 1 saturated heterocycles. The van der Waals surface area contributed by atoms with Crippen molar-refractivity contribution < 1.29 is 24.3 Å². The zero-order valence-electron chi connectivity index (χ0n) is 17.6. The molecule has 6 nitrogen and oxygen atoms in total. The van der Waals surface area contributed by atoms with Crippen molar-refractivity contribution in [2.75, 3.05) is 6.61 Å². The number of hydroxylamine groups is 2. The monoisotopic (exact) mass is 433 g/mol. The van der Waals surface area contributed by atoms with Gasteiger partial charge in [0.1, 0.15) is 14.7 Å². The number of fused-ring (bicyclic) bond motifs is 3. The van der Waals surface area contributed by atoms with Gasteiger partial charge in [-0.05, 0) is 22.3 Å². The van der Waals surface area contributed by atoms with Gasteiger partial charge in [-0.15, -0.1) is 5.54 Å². The fourth-order valence-electron chi connectivity index (χ4n) is 4.00. The van der Waals surface area contributed by atoms with Crippen LogP contribution in [0.15, 0.2) is 48.5 Å². The maximum atomic E-state index is 13.1. The molecule has 2 aromatic carbocycles. The first-order valence-electron chi connectivity index (χ1n) is 10.1. The van der Waals surface area contributed by atoms with E-state index >= 15 is 0 Å². The Morgan fingerprint density at radius 1 is 1.10 bits per heavy atom. The molecule has 1 aliphatic heterocycles. The van der Waals surface area contributed by atoms with E-state index in [2.05, 4.69) is 11.5 Å². The van der Waals surface area contributed by atoms with E-state index < -0.39 is 37.7 Å². The molecule has 1 unspecified atom stereocenters. The first-order chi connectivity index (χ1) is 14.6. The molecular formula is C24H23NO5Si. The first-order valence-corrected chi connectivity index (χ1v) is 13.6. The number of carbonyl (C=O) groups excluding carboxylic acids is 3. The average molecular weight is 434 g/mol. The molecule has 4 rings (SSSR count). The van der Waals surface area contributed by atoms with Gasteiger partial charge < -0.3 is 4.74 Å². The van der Waals surface area contributed by atoms with Gasteiger partial charge in [-0.25, -0.2) is 4.79 Å². The predicted octanol–water partition coefficient (Wildman–Crippen LogP) is 3.36. The van der Waals surface area contributed by atoms with Gasteiger partial charge in [-0.3, -0.25) is 14.8 Å². The molecule has 7 heteroatoms. The summed E-state index contributed by atoms with van der Waals surface area (Å²) in [6.07, 6.45) is -0.517. The Hall–Kier alpha value is -3.21. The molecule has 0 radical (unpaired) electrons. The van der Waals surface area contributed by atoms with Gasteiger partial charge >= 0.3 is 5.97 Å². The zero-order valence-corrected chi connectivity index (χ0v) is 18.6. The minimum Gasteiger partial charge on any atom is -0.463 e. The summed E-state index contributed by atoms with van der Waals surface area (Å²) in [5.41, 5.74) is 5.24. The third-order valence-corrected chi connectivity index (χ3v) is 6.43. The Morgan fingerprint density at radius 2 is 1.65 bits per heavy atom. The minimum absolute atomic E-state index is 0.0101. The summed E-state index contributed by atoms with van der Waals surface area (Å²) in [5, 5.41) is 9.78. The molecule has 1 fully saturated rings. The van der Waals surface area contributed by atoms with Crippen LogP contribution in [0, 0.1) is 16.9 Å². The van der Waals surface area contributed by atoms with Gasteiger partial charge in [0.05, 0.1) is 6.42 Å². The van der Waals surface area contributed by atoms with Crippen LogP contribution in [-0.4, -0.2) is 42.7 Å². The number of benzene rings is 2. The number of imide groups is 1. The largest absolute Gasteiger partial charge is 0.463 e. The van der Waals surface area contributed by atoms with Crippen LogP contribution in [0.5, 0.6) is 0 Å². The van der Waals surface area contributed by atoms with Crippen LogP contribution in [-0.2, 0) is 19.1 Å². The van der Waals surface area contributed by atoms with E-state index in [9.17, 15) is 19.6 Å². The van der Waals surface area contributed by atoms with Crippen molar-refractivity contribution >= 4 is 25.9 Å². The lowest BCUT2D eigenvalue weighted by molar-refractivity contribution is -0.175. The molecule has 0 aromatic heterocycles. The number of hydrogen-bond donors (Lipinski definition) is 1. The number of esters is 1. The molecule has 1 aliphatic carbocycles. The van der Waals surface area contributed by atoms with Gasteiger partial charge in [0, 0.05) is 5.92 Å². The summed E-state index contributed by atoms with van der Waals surface area (Å²) in [6, 6.07) is 15.8. The molecule has 31 heavy (non-hydrogen) atoms. The van der Waals surface area contributed by atoms with E-state index in [4.69, 9.17) is 4.74 Å². The van der Waals surface area contributed by atoms with Crippen LogP contribution in [0.25, 0.3) is 11.1 Å². The Balaban J connectivity index is 1.64. The topological polar surface area (TPSA) is 83.9 Å². The molecule has 2 aliphatic rings. The molecule has 2 aromatic rings. The molecule has 1 N–H and O–H groups in total. The van der Waals surface area contributed by atoms with E-state index in [-0.39, 0.29) is 17.6 Å². The molecule has 1 heterocycles. The summed E-state index contributed by atoms with van der Waals surface area (Å²) < 4.78 is 5.62. The van der Waals surface area contributed by atoms with Crippen LogP contribution >= 0.6 is 0 Å². The second kappa shape index (κ2) is 7.48. The summed E-state index contributed by atoms with van der Waals surface area (Å²) in [6.45, 7) is 5.90. The van der Waals surface area contributed by atoms with Crippen molar-refractivity contribution in [1.29, 1.82) is 0 Å². The molecule has 158 valence electrons. The van der Waals surface area contributed by atoms with Gasteiger partial charge in [0.2, 0.25) is 5.41 Å². The van der Waals surface area contributed by atoms with Crippen molar-refractivity contribution in [2.24, 2.45) is 5.41 Å². The summed E-state index contributed by atoms with van der Waals surface area (Å²) in [7, 11) is -1.97. The van der Waals surface area contributed by atoms with Gasteiger partial charge in [0.25, 0.3) is 11.8 Å². The highest BCUT2D eigenvalue weighted by molar-refractivity contribution is 6.83. The number of rotatable bonds is 3. The summed E-state index contributed by atoms with van der Waals surface area (Å²) >= 11 is 0. The van der Waals surface area contributed by atoms with Crippen molar-refractivity contribution in [3.05, 3.63) is 59.7 Å². The van der Waals surface area contributed by atoms with Crippen LogP contribution in [0.2, 0.25) is 19.6 Å². The third kappa shape index (κ3) is 3.58. The molecular weight excluding hydrogens is 410 g/mol. The van der Waals surface area contributed by atoms with Gasteiger partial charge in [0.15, 0.2) is 0 Å². The normalized spacial score (nSPS) is 20.2. The van der Waals surface area contributed by atoms with Crippen molar-refractivity contribution in [1.82, 2.24) is 5.06 Å². The van der Waals surface area contributed by atoms with E-state index in [0.29, 0.717) is 0 Å². The van der Waals surface area contributed by atoms with Crippen LogP contribution < -0.4 is 0 Å². The first kappa shape index (κ1) is 21.0. The molecule has 0 bridgehead atoms. The van der Waals surface area contributed by atoms with E-state index in [1.807, 2.05) is 68.2 Å². The zero-order chi connectivity index (χ0) is 22.4. The number of carbonyl (C=O) groups is 3. The van der Waals surface area contributed by atoms with E-state index in [1.54, 1.807) is 0 Å². The maximum Gasteiger partial charge on any atom is 0.334 e. The Morgan fingerprint density at radius 3 is 2.13 bits per heavy atom. The highest BCUT2D eigenvalue weighted by atomic mass is 28.3.